The number of hydrogen-bond acceptors (Lipinski definition) is 4. The molecular formula is C18H22N4. The Morgan fingerprint density at radius 1 is 1.14 bits per heavy atom. The van der Waals surface area contributed by atoms with Gasteiger partial charge in [0.25, 0.3) is 0 Å². The van der Waals surface area contributed by atoms with Crippen LogP contribution >= 0.6 is 0 Å². The molecule has 2 aromatic rings. The first-order valence-electron chi connectivity index (χ1n) is 7.55. The van der Waals surface area contributed by atoms with Crippen LogP contribution in [0.3, 0.4) is 0 Å². The average Bonchev–Trinajstić information content (AvgIpc) is 2.52. The third-order valence-electron chi connectivity index (χ3n) is 4.26. The second-order valence-corrected chi connectivity index (χ2v) is 6.04. The van der Waals surface area contributed by atoms with Crippen molar-refractivity contribution in [3.63, 3.8) is 0 Å². The average molecular weight is 294 g/mol. The normalized spacial score (nSPS) is 17.4. The zero-order valence-electron chi connectivity index (χ0n) is 13.2. The molecule has 1 heterocycles. The summed E-state index contributed by atoms with van der Waals surface area (Å²) in [5.41, 5.74) is 17.7. The third kappa shape index (κ3) is 2.35. The van der Waals surface area contributed by atoms with Crippen LogP contribution < -0.4 is 11.5 Å². The largest absolute Gasteiger partial charge is 0.369 e. The molecular weight excluding hydrogens is 272 g/mol. The molecule has 0 saturated heterocycles. The van der Waals surface area contributed by atoms with Crippen LogP contribution in [0.2, 0.25) is 0 Å². The van der Waals surface area contributed by atoms with Crippen LogP contribution in [0, 0.1) is 0 Å². The van der Waals surface area contributed by atoms with Gasteiger partial charge in [-0.1, -0.05) is 50.2 Å². The van der Waals surface area contributed by atoms with Gasteiger partial charge in [0.2, 0.25) is 0 Å². The van der Waals surface area contributed by atoms with Crippen molar-refractivity contribution in [1.82, 2.24) is 4.90 Å². The lowest BCUT2D eigenvalue weighted by Crippen LogP contribution is -2.42. The van der Waals surface area contributed by atoms with Crippen LogP contribution in [0.4, 0.5) is 5.69 Å². The molecule has 0 radical (unpaired) electrons. The number of nitrogens with zero attached hydrogens (tertiary/aromatic N) is 2. The third-order valence-corrected chi connectivity index (χ3v) is 4.26. The van der Waals surface area contributed by atoms with Gasteiger partial charge in [-0.25, -0.2) is 4.99 Å². The summed E-state index contributed by atoms with van der Waals surface area (Å²) in [6.45, 7) is 4.41. The molecule has 1 unspecified atom stereocenters. The molecule has 0 aromatic heterocycles. The summed E-state index contributed by atoms with van der Waals surface area (Å²) in [4.78, 5) is 6.26. The first kappa shape index (κ1) is 14.6. The summed E-state index contributed by atoms with van der Waals surface area (Å²) in [5.74, 6) is 0.920. The van der Waals surface area contributed by atoms with Crippen LogP contribution in [0.1, 0.15) is 37.1 Å². The molecule has 4 nitrogen and oxygen atoms in total. The molecule has 1 atom stereocenters. The van der Waals surface area contributed by atoms with Crippen molar-refractivity contribution in [2.75, 3.05) is 7.05 Å². The molecule has 3 rings (SSSR count). The van der Waals surface area contributed by atoms with Crippen molar-refractivity contribution in [3.8, 4) is 11.1 Å². The maximum Gasteiger partial charge on any atom is 0.197 e. The molecule has 0 bridgehead atoms. The molecule has 0 aliphatic carbocycles. The Kier molecular flexibility index (Phi) is 3.62. The Labute approximate surface area is 131 Å². The molecule has 4 N–H and O–H groups in total. The predicted octanol–water partition coefficient (Wildman–Crippen LogP) is 3.33. The maximum atomic E-state index is 6.21. The van der Waals surface area contributed by atoms with Gasteiger partial charge in [-0.3, -0.25) is 0 Å². The number of rotatable bonds is 2. The summed E-state index contributed by atoms with van der Waals surface area (Å²) in [6.07, 6.45) is -0.248. The van der Waals surface area contributed by atoms with Crippen molar-refractivity contribution in [2.24, 2.45) is 16.5 Å². The fraction of sp³-hybridized carbons (Fsp3) is 0.278. The van der Waals surface area contributed by atoms with Gasteiger partial charge in [0.15, 0.2) is 5.96 Å². The van der Waals surface area contributed by atoms with E-state index in [1.807, 2.05) is 7.05 Å². The number of nitrogens with two attached hydrogens (primary N) is 2. The minimum atomic E-state index is -0.248. The molecule has 4 heteroatoms. The van der Waals surface area contributed by atoms with E-state index in [0.29, 0.717) is 11.9 Å². The van der Waals surface area contributed by atoms with E-state index in [0.717, 1.165) is 16.8 Å². The predicted molar refractivity (Wildman–Crippen MR) is 91.9 cm³/mol. The summed E-state index contributed by atoms with van der Waals surface area (Å²) >= 11 is 0. The van der Waals surface area contributed by atoms with E-state index in [4.69, 9.17) is 11.5 Å². The van der Waals surface area contributed by atoms with Gasteiger partial charge in [-0.05, 0) is 28.7 Å². The van der Waals surface area contributed by atoms with Crippen molar-refractivity contribution < 1.29 is 0 Å². The fourth-order valence-corrected chi connectivity index (χ4v) is 2.87. The maximum absolute atomic E-state index is 6.21. The highest BCUT2D eigenvalue weighted by atomic mass is 15.3. The number of aliphatic imine (C=N–C) groups is 1. The number of benzene rings is 2. The van der Waals surface area contributed by atoms with Crippen molar-refractivity contribution >= 4 is 11.6 Å². The molecule has 0 saturated carbocycles. The minimum absolute atomic E-state index is 0.248. The van der Waals surface area contributed by atoms with Crippen LogP contribution in [0.5, 0.6) is 0 Å². The van der Waals surface area contributed by atoms with E-state index >= 15 is 0 Å². The zero-order valence-corrected chi connectivity index (χ0v) is 13.2. The zero-order chi connectivity index (χ0) is 15.9. The monoisotopic (exact) mass is 294 g/mol. The summed E-state index contributed by atoms with van der Waals surface area (Å²) in [7, 11) is 1.86. The Balaban J connectivity index is 2.12. The minimum Gasteiger partial charge on any atom is -0.369 e. The van der Waals surface area contributed by atoms with Crippen LogP contribution in [0.15, 0.2) is 47.5 Å². The van der Waals surface area contributed by atoms with Crippen molar-refractivity contribution in [1.29, 1.82) is 0 Å². The molecule has 114 valence electrons. The Morgan fingerprint density at radius 3 is 2.59 bits per heavy atom. The van der Waals surface area contributed by atoms with Crippen molar-refractivity contribution in [3.05, 3.63) is 53.6 Å². The van der Waals surface area contributed by atoms with Gasteiger partial charge < -0.3 is 16.4 Å². The molecule has 0 amide bonds. The lowest BCUT2D eigenvalue weighted by atomic mass is 9.91. The van der Waals surface area contributed by atoms with Gasteiger partial charge in [-0.15, -0.1) is 0 Å². The second kappa shape index (κ2) is 5.46. The van der Waals surface area contributed by atoms with Crippen LogP contribution in [-0.2, 0) is 0 Å². The van der Waals surface area contributed by atoms with E-state index in [-0.39, 0.29) is 6.17 Å². The van der Waals surface area contributed by atoms with E-state index in [1.165, 1.54) is 11.1 Å². The van der Waals surface area contributed by atoms with Gasteiger partial charge in [0.1, 0.15) is 6.17 Å². The van der Waals surface area contributed by atoms with Crippen molar-refractivity contribution in [2.45, 2.75) is 25.9 Å². The number of hydrogen-bond donors (Lipinski definition) is 2. The standard InChI is InChI=1S/C18H22N4/c1-11(2)13-6-4-5-7-14(13)12-8-9-15-16(10-12)21-18(20)22(3)17(15)19/h4-11,17H,19H2,1-3H3,(H2,20,21). The highest BCUT2D eigenvalue weighted by Crippen LogP contribution is 2.36. The smallest absolute Gasteiger partial charge is 0.197 e. The SMILES string of the molecule is CC(C)c1ccccc1-c1ccc2c(c1)N=C(N)N(C)C2N. The van der Waals surface area contributed by atoms with Crippen LogP contribution in [-0.4, -0.2) is 17.9 Å². The molecule has 0 fully saturated rings. The fourth-order valence-electron chi connectivity index (χ4n) is 2.87. The first-order valence-corrected chi connectivity index (χ1v) is 7.55. The summed E-state index contributed by atoms with van der Waals surface area (Å²) in [5, 5.41) is 0. The lowest BCUT2D eigenvalue weighted by Gasteiger charge is -2.31. The van der Waals surface area contributed by atoms with E-state index in [9.17, 15) is 0 Å². The molecule has 0 spiro atoms. The van der Waals surface area contributed by atoms with Gasteiger partial charge >= 0.3 is 0 Å². The highest BCUT2D eigenvalue weighted by Gasteiger charge is 2.23. The Bertz CT molecular complexity index is 734. The topological polar surface area (TPSA) is 67.6 Å². The first-order chi connectivity index (χ1) is 10.5. The summed E-state index contributed by atoms with van der Waals surface area (Å²) < 4.78 is 0. The van der Waals surface area contributed by atoms with Gasteiger partial charge in [-0.2, -0.15) is 0 Å². The number of fused-ring (bicyclic) bond motifs is 1. The van der Waals surface area contributed by atoms with E-state index < -0.39 is 0 Å². The Hall–Kier alpha value is -2.33. The molecule has 2 aromatic carbocycles. The highest BCUT2D eigenvalue weighted by molar-refractivity contribution is 5.85. The van der Waals surface area contributed by atoms with Crippen LogP contribution in [0.25, 0.3) is 11.1 Å². The Morgan fingerprint density at radius 2 is 1.86 bits per heavy atom. The van der Waals surface area contributed by atoms with E-state index in [1.54, 1.807) is 4.90 Å². The molecule has 1 aliphatic heterocycles. The van der Waals surface area contributed by atoms with E-state index in [2.05, 4.69) is 61.3 Å². The quantitative estimate of drug-likeness (QED) is 0.892. The number of guanidine groups is 1. The van der Waals surface area contributed by atoms with Gasteiger partial charge in [0.05, 0.1) is 5.69 Å². The second-order valence-electron chi connectivity index (χ2n) is 6.04. The lowest BCUT2D eigenvalue weighted by molar-refractivity contribution is 0.375. The molecule has 1 aliphatic rings. The summed E-state index contributed by atoms with van der Waals surface area (Å²) in [6, 6.07) is 14.7. The van der Waals surface area contributed by atoms with Gasteiger partial charge in [0, 0.05) is 12.6 Å². The molecule has 22 heavy (non-hydrogen) atoms.